The minimum Gasteiger partial charge on any atom is -0.486 e. The van der Waals surface area contributed by atoms with Gasteiger partial charge in [-0.3, -0.25) is 4.79 Å². The molecule has 6 nitrogen and oxygen atoms in total. The van der Waals surface area contributed by atoms with Crippen LogP contribution in [-0.4, -0.2) is 31.7 Å². The molecule has 3 N–H and O–H groups in total. The maximum atomic E-state index is 16.1. The average Bonchev–Trinajstić information content (AvgIpc) is 3.53. The maximum Gasteiger partial charge on any atom is 0.249 e. The first-order valence-electron chi connectivity index (χ1n) is 12.3. The van der Waals surface area contributed by atoms with Gasteiger partial charge in [-0.2, -0.15) is 0 Å². The third-order valence-corrected chi connectivity index (χ3v) is 8.04. The van der Waals surface area contributed by atoms with Crippen LogP contribution in [0.4, 0.5) is 8.78 Å². The first-order valence-corrected chi connectivity index (χ1v) is 12.6. The molecule has 37 heavy (non-hydrogen) atoms. The number of halogens is 3. The van der Waals surface area contributed by atoms with Gasteiger partial charge in [0.15, 0.2) is 22.9 Å². The Morgan fingerprint density at radius 3 is 2.57 bits per heavy atom. The summed E-state index contributed by atoms with van der Waals surface area (Å²) in [4.78, 5) is 12.6. The molecular formula is C28H25ClF2N2O4. The van der Waals surface area contributed by atoms with Crippen LogP contribution in [0.25, 0.3) is 11.1 Å². The molecular weight excluding hydrogens is 502 g/mol. The molecule has 9 heteroatoms. The summed E-state index contributed by atoms with van der Waals surface area (Å²) >= 11 is 6.57. The van der Waals surface area contributed by atoms with E-state index in [9.17, 15) is 4.79 Å². The highest BCUT2D eigenvalue weighted by atomic mass is 35.5. The number of hydrogen-bond donors (Lipinski definition) is 2. The fourth-order valence-corrected chi connectivity index (χ4v) is 6.33. The van der Waals surface area contributed by atoms with Crippen molar-refractivity contribution in [2.45, 2.75) is 37.3 Å². The van der Waals surface area contributed by atoms with Crippen molar-refractivity contribution in [3.63, 3.8) is 0 Å². The van der Waals surface area contributed by atoms with Crippen LogP contribution < -0.4 is 25.3 Å². The number of benzene rings is 3. The molecule has 0 aromatic heterocycles. The van der Waals surface area contributed by atoms with Crippen LogP contribution in [0.15, 0.2) is 42.5 Å². The van der Waals surface area contributed by atoms with Crippen LogP contribution in [0.1, 0.15) is 47.2 Å². The summed E-state index contributed by atoms with van der Waals surface area (Å²) in [5.74, 6) is -2.85. The molecule has 1 amide bonds. The third kappa shape index (κ3) is 3.49. The Balaban J connectivity index is 1.64. The molecule has 3 aromatic carbocycles. The summed E-state index contributed by atoms with van der Waals surface area (Å²) in [6.45, 7) is 3.09. The van der Waals surface area contributed by atoms with Crippen LogP contribution in [0.5, 0.6) is 17.2 Å². The maximum absolute atomic E-state index is 16.1. The highest BCUT2D eigenvalue weighted by molar-refractivity contribution is 6.34. The van der Waals surface area contributed by atoms with Crippen LogP contribution in [0, 0.1) is 11.6 Å². The standard InChI is InChI=1S/C28H25ClF2N2O4/c1-14-21-18(37-28(14,20-8-5-9-33-20)15-6-3-2-4-7-15)13-17(30)24(29)23(21)22-16(27(32)34)12-19-26(25(22)31)36-11-10-35-19/h2-4,6-7,12-14,20,33H,5,8-11H2,1H3,(H2,32,34)/t14-,20-,28-/m0/s1. The van der Waals surface area contributed by atoms with Crippen molar-refractivity contribution in [2.75, 3.05) is 19.8 Å². The fraction of sp³-hybridized carbons (Fsp3) is 0.321. The van der Waals surface area contributed by atoms with E-state index in [1.807, 2.05) is 37.3 Å². The van der Waals surface area contributed by atoms with E-state index in [0.717, 1.165) is 24.9 Å². The van der Waals surface area contributed by atoms with E-state index in [4.69, 9.17) is 31.5 Å². The van der Waals surface area contributed by atoms with Gasteiger partial charge in [-0.15, -0.1) is 0 Å². The van der Waals surface area contributed by atoms with Crippen molar-refractivity contribution in [1.29, 1.82) is 0 Å². The molecule has 3 heterocycles. The lowest BCUT2D eigenvalue weighted by Gasteiger charge is -2.39. The Kier molecular flexibility index (Phi) is 5.76. The van der Waals surface area contributed by atoms with Crippen molar-refractivity contribution in [3.8, 4) is 28.4 Å². The second kappa shape index (κ2) is 8.89. The Hall–Kier alpha value is -3.36. The van der Waals surface area contributed by atoms with E-state index in [1.54, 1.807) is 0 Å². The Bertz CT molecular complexity index is 1410. The lowest BCUT2D eigenvalue weighted by Crippen LogP contribution is -2.50. The monoisotopic (exact) mass is 526 g/mol. The van der Waals surface area contributed by atoms with Gasteiger partial charge in [-0.25, -0.2) is 8.78 Å². The minimum atomic E-state index is -0.914. The van der Waals surface area contributed by atoms with Crippen molar-refractivity contribution in [2.24, 2.45) is 5.73 Å². The van der Waals surface area contributed by atoms with Crippen LogP contribution in [-0.2, 0) is 5.60 Å². The molecule has 0 spiro atoms. The number of carbonyl (C=O) groups excluding carboxylic acids is 1. The number of nitrogens with one attached hydrogen (secondary N) is 1. The van der Waals surface area contributed by atoms with Crippen molar-refractivity contribution >= 4 is 17.5 Å². The van der Waals surface area contributed by atoms with Gasteiger partial charge in [0.1, 0.15) is 24.8 Å². The number of ether oxygens (including phenoxy) is 3. The molecule has 0 saturated carbocycles. The van der Waals surface area contributed by atoms with Gasteiger partial charge in [0.05, 0.1) is 16.6 Å². The van der Waals surface area contributed by atoms with Crippen molar-refractivity contribution in [1.82, 2.24) is 5.32 Å². The highest BCUT2D eigenvalue weighted by Gasteiger charge is 2.55. The van der Waals surface area contributed by atoms with E-state index in [-0.39, 0.29) is 58.2 Å². The van der Waals surface area contributed by atoms with E-state index in [0.29, 0.717) is 5.56 Å². The van der Waals surface area contributed by atoms with Crippen LogP contribution >= 0.6 is 11.6 Å². The molecule has 0 unspecified atom stereocenters. The Labute approximate surface area is 217 Å². The van der Waals surface area contributed by atoms with Crippen molar-refractivity contribution in [3.05, 3.63) is 75.8 Å². The topological polar surface area (TPSA) is 82.8 Å². The fourth-order valence-electron chi connectivity index (χ4n) is 6.08. The van der Waals surface area contributed by atoms with Gasteiger partial charge < -0.3 is 25.3 Å². The normalized spacial score (nSPS) is 24.0. The molecule has 3 aliphatic rings. The number of nitrogens with two attached hydrogens (primary N) is 1. The van der Waals surface area contributed by atoms with E-state index >= 15 is 8.78 Å². The van der Waals surface area contributed by atoms with Gasteiger partial charge in [-0.1, -0.05) is 48.9 Å². The number of primary amides is 1. The molecule has 192 valence electrons. The average molecular weight is 527 g/mol. The molecule has 0 aliphatic carbocycles. The number of hydrogen-bond acceptors (Lipinski definition) is 5. The largest absolute Gasteiger partial charge is 0.486 e. The molecule has 3 atom stereocenters. The van der Waals surface area contributed by atoms with Crippen LogP contribution in [0.3, 0.4) is 0 Å². The number of carbonyl (C=O) groups is 1. The first-order chi connectivity index (χ1) is 17.8. The predicted molar refractivity (Wildman–Crippen MR) is 134 cm³/mol. The summed E-state index contributed by atoms with van der Waals surface area (Å²) in [6.07, 6.45) is 1.79. The first kappa shape index (κ1) is 24.0. The van der Waals surface area contributed by atoms with Crippen molar-refractivity contribution < 1.29 is 27.8 Å². The smallest absolute Gasteiger partial charge is 0.249 e. The Morgan fingerprint density at radius 1 is 1.11 bits per heavy atom. The molecule has 1 fully saturated rings. The molecule has 6 rings (SSSR count). The second-order valence-electron chi connectivity index (χ2n) is 9.59. The van der Waals surface area contributed by atoms with Gasteiger partial charge >= 0.3 is 0 Å². The third-order valence-electron chi connectivity index (χ3n) is 7.67. The summed E-state index contributed by atoms with van der Waals surface area (Å²) in [5.41, 5.74) is 5.80. The molecule has 3 aliphatic heterocycles. The van der Waals surface area contributed by atoms with E-state index in [2.05, 4.69) is 5.32 Å². The molecule has 1 saturated heterocycles. The zero-order valence-electron chi connectivity index (χ0n) is 20.1. The Morgan fingerprint density at radius 2 is 1.86 bits per heavy atom. The highest BCUT2D eigenvalue weighted by Crippen LogP contribution is 2.59. The van der Waals surface area contributed by atoms with Gasteiger partial charge in [0, 0.05) is 28.7 Å². The molecule has 0 bridgehead atoms. The quantitative estimate of drug-likeness (QED) is 0.482. The van der Waals surface area contributed by atoms with E-state index < -0.39 is 29.1 Å². The van der Waals surface area contributed by atoms with Crippen LogP contribution in [0.2, 0.25) is 5.02 Å². The van der Waals surface area contributed by atoms with E-state index in [1.165, 1.54) is 12.1 Å². The zero-order chi connectivity index (χ0) is 25.9. The summed E-state index contributed by atoms with van der Waals surface area (Å²) in [5, 5.41) is 3.21. The summed E-state index contributed by atoms with van der Waals surface area (Å²) in [7, 11) is 0. The molecule has 0 radical (unpaired) electrons. The second-order valence-corrected chi connectivity index (χ2v) is 9.97. The lowest BCUT2D eigenvalue weighted by molar-refractivity contribution is 0.0333. The van der Waals surface area contributed by atoms with Gasteiger partial charge in [0.2, 0.25) is 5.91 Å². The molecule has 3 aromatic rings. The van der Waals surface area contributed by atoms with Gasteiger partial charge in [-0.05, 0) is 31.0 Å². The number of amides is 1. The predicted octanol–water partition coefficient (Wildman–Crippen LogP) is 5.30. The minimum absolute atomic E-state index is 0.0308. The summed E-state index contributed by atoms with van der Waals surface area (Å²) in [6, 6.07) is 12.2. The zero-order valence-corrected chi connectivity index (χ0v) is 20.8. The van der Waals surface area contributed by atoms with Gasteiger partial charge in [0.25, 0.3) is 0 Å². The SMILES string of the molecule is C[C@H]1c2c(cc(F)c(Cl)c2-c2c(C(N)=O)cc3c(c2F)OCCO3)O[C@@]1(c1ccccc1)[C@@H]1CCCN1. The number of rotatable bonds is 4. The lowest BCUT2D eigenvalue weighted by atomic mass is 9.73. The number of fused-ring (bicyclic) bond motifs is 2. The summed E-state index contributed by atoms with van der Waals surface area (Å²) < 4.78 is 49.2.